The fraction of sp³-hybridized carbons (Fsp3) is 0.434. The summed E-state index contributed by atoms with van der Waals surface area (Å²) in [6.45, 7) is 2.08. The molecule has 9 rings (SSSR count). The number of aliphatic hydroxyl groups excluding tert-OH is 3. The van der Waals surface area contributed by atoms with Gasteiger partial charge in [0.25, 0.3) is 0 Å². The van der Waals surface area contributed by atoms with Crippen molar-refractivity contribution < 1.29 is 28.5 Å². The standard InChI is InChI=1S/C18H21F3N4O.C18H24N4O.C17H21ClN4O/c19-18(20,21)13-3-1-11(2-4-13)9-12-10-23-17(22)25-16(12)24-14-5-7-15(26)8-6-14;1-12-2-4-13(5-3-12)10-14-11-20-18(19)22-17(14)21-15-6-8-16(23)9-7-15;18-13-3-1-11(2-4-13)9-12-10-20-17(19)22-16(12)21-14-5-7-15(23)8-6-14/h1-4,10,14-15,26H,5-9H2,(H3,22,23,24,25);2-5,11,15-16,23H,6-10H2,1H3,(H3,19,20,21,22);1-4,10,14-15,23H,5-9H2,(H3,19,20,21,22)/t14-,15-;15-,16-;14-,15-. The first-order valence-corrected chi connectivity index (χ1v) is 25.0. The van der Waals surface area contributed by atoms with Gasteiger partial charge in [0.05, 0.1) is 23.9 Å². The van der Waals surface area contributed by atoms with Crippen LogP contribution in [-0.4, -0.2) is 81.7 Å². The maximum Gasteiger partial charge on any atom is 0.416 e. The lowest BCUT2D eigenvalue weighted by Crippen LogP contribution is -2.29. The first-order valence-electron chi connectivity index (χ1n) is 24.7. The highest BCUT2D eigenvalue weighted by atomic mass is 35.5. The number of aliphatic hydroxyl groups is 3. The number of anilines is 6. The summed E-state index contributed by atoms with van der Waals surface area (Å²) in [6.07, 6.45) is 12.4. The Kier molecular flexibility index (Phi) is 18.8. The van der Waals surface area contributed by atoms with Gasteiger partial charge >= 0.3 is 6.18 Å². The Balaban J connectivity index is 0.000000159. The number of aromatic nitrogens is 6. The Hall–Kier alpha value is -6.34. The van der Waals surface area contributed by atoms with Gasteiger partial charge in [-0.2, -0.15) is 28.1 Å². The molecule has 0 saturated heterocycles. The summed E-state index contributed by atoms with van der Waals surface area (Å²) in [4.78, 5) is 25.3. The van der Waals surface area contributed by atoms with Crippen molar-refractivity contribution in [2.45, 2.75) is 146 Å². The summed E-state index contributed by atoms with van der Waals surface area (Å²) in [5.41, 5.74) is 23.7. The molecule has 3 fully saturated rings. The molecule has 0 atom stereocenters. The van der Waals surface area contributed by atoms with Gasteiger partial charge < -0.3 is 48.5 Å². The van der Waals surface area contributed by atoms with Gasteiger partial charge in [0.2, 0.25) is 17.8 Å². The van der Waals surface area contributed by atoms with Crippen molar-refractivity contribution in [1.82, 2.24) is 29.9 Å². The fourth-order valence-corrected chi connectivity index (χ4v) is 9.17. The number of rotatable bonds is 12. The van der Waals surface area contributed by atoms with E-state index in [1.807, 2.05) is 30.5 Å². The van der Waals surface area contributed by atoms with Crippen molar-refractivity contribution in [3.8, 4) is 0 Å². The molecule has 0 amide bonds. The number of alkyl halides is 3. The molecule has 0 bridgehead atoms. The Morgan fingerprint density at radius 1 is 0.486 bits per heavy atom. The SMILES string of the molecule is Cc1ccc(Cc2cnc(N)nc2N[C@H]2CC[C@H](O)CC2)cc1.Nc1ncc(Cc2ccc(C(F)(F)F)cc2)c(N[C@H]2CC[C@H](O)CC2)n1.Nc1ncc(Cc2ccc(Cl)cc2)c(N[C@H]2CC[C@H](O)CC2)n1. The molecule has 0 spiro atoms. The van der Waals surface area contributed by atoms with Crippen LogP contribution in [-0.2, 0) is 25.4 Å². The molecular weight excluding hydrogens is 945 g/mol. The van der Waals surface area contributed by atoms with Crippen molar-refractivity contribution >= 4 is 46.9 Å². The lowest BCUT2D eigenvalue weighted by Gasteiger charge is -2.27. The van der Waals surface area contributed by atoms with Crippen LogP contribution in [0.4, 0.5) is 48.5 Å². The number of halogens is 4. The lowest BCUT2D eigenvalue weighted by molar-refractivity contribution is -0.137. The average Bonchev–Trinajstić information content (AvgIpc) is 3.35. The predicted octanol–water partition coefficient (Wildman–Crippen LogP) is 9.08. The molecule has 3 saturated carbocycles. The van der Waals surface area contributed by atoms with E-state index in [0.717, 1.165) is 146 Å². The summed E-state index contributed by atoms with van der Waals surface area (Å²) in [5.74, 6) is 2.89. The third-order valence-electron chi connectivity index (χ3n) is 13.3. The van der Waals surface area contributed by atoms with Gasteiger partial charge in [-0.1, -0.05) is 65.7 Å². The highest BCUT2D eigenvalue weighted by Gasteiger charge is 2.30. The minimum Gasteiger partial charge on any atom is -0.393 e. The second-order valence-electron chi connectivity index (χ2n) is 19.1. The zero-order valence-electron chi connectivity index (χ0n) is 40.5. The number of nitrogens with two attached hydrogens (primary N) is 3. The molecule has 3 aromatic heterocycles. The molecule has 72 heavy (non-hydrogen) atoms. The Labute approximate surface area is 423 Å². The van der Waals surface area contributed by atoms with Gasteiger partial charge in [-0.15, -0.1) is 0 Å². The first kappa shape index (κ1) is 53.5. The van der Waals surface area contributed by atoms with Gasteiger partial charge in [0, 0.05) is 77.7 Å². The zero-order chi connectivity index (χ0) is 51.2. The molecular formula is C53H66ClF3N12O3. The van der Waals surface area contributed by atoms with Gasteiger partial charge in [0.1, 0.15) is 17.5 Å². The van der Waals surface area contributed by atoms with Crippen LogP contribution in [0, 0.1) is 6.92 Å². The van der Waals surface area contributed by atoms with E-state index in [2.05, 4.69) is 77.0 Å². The molecule has 0 unspecified atom stereocenters. The molecule has 15 nitrogen and oxygen atoms in total. The van der Waals surface area contributed by atoms with Crippen LogP contribution in [0.5, 0.6) is 0 Å². The molecule has 3 aromatic carbocycles. The maximum atomic E-state index is 12.7. The fourth-order valence-electron chi connectivity index (χ4n) is 9.04. The van der Waals surface area contributed by atoms with Crippen molar-refractivity contribution in [3.63, 3.8) is 0 Å². The van der Waals surface area contributed by atoms with Gasteiger partial charge in [-0.25, -0.2) is 15.0 Å². The Morgan fingerprint density at radius 2 is 0.778 bits per heavy atom. The summed E-state index contributed by atoms with van der Waals surface area (Å²) >= 11 is 5.93. The number of hydrogen-bond acceptors (Lipinski definition) is 15. The molecule has 3 aliphatic rings. The van der Waals surface area contributed by atoms with Crippen LogP contribution in [0.15, 0.2) is 91.4 Å². The minimum absolute atomic E-state index is 0.138. The van der Waals surface area contributed by atoms with E-state index in [-0.39, 0.29) is 42.2 Å². The van der Waals surface area contributed by atoms with Crippen molar-refractivity contribution in [1.29, 1.82) is 0 Å². The number of benzene rings is 3. The summed E-state index contributed by atoms with van der Waals surface area (Å²) in [6, 6.07) is 22.1. The third-order valence-corrected chi connectivity index (χ3v) is 13.5. The highest BCUT2D eigenvalue weighted by Crippen LogP contribution is 2.31. The minimum atomic E-state index is -4.35. The van der Waals surface area contributed by atoms with Crippen molar-refractivity contribution in [3.05, 3.63) is 141 Å². The van der Waals surface area contributed by atoms with Crippen LogP contribution in [0.1, 0.15) is 122 Å². The highest BCUT2D eigenvalue weighted by molar-refractivity contribution is 6.30. The van der Waals surface area contributed by atoms with Crippen molar-refractivity contribution in [2.75, 3.05) is 33.2 Å². The molecule has 3 heterocycles. The molecule has 19 heteroatoms. The maximum absolute atomic E-state index is 12.7. The summed E-state index contributed by atoms with van der Waals surface area (Å²) in [5, 5.41) is 39.9. The average molecular weight is 1010 g/mol. The third kappa shape index (κ3) is 16.6. The molecule has 12 N–H and O–H groups in total. The molecule has 0 radical (unpaired) electrons. The molecule has 3 aliphatic carbocycles. The summed E-state index contributed by atoms with van der Waals surface area (Å²) in [7, 11) is 0. The van der Waals surface area contributed by atoms with Crippen molar-refractivity contribution in [2.24, 2.45) is 0 Å². The second-order valence-corrected chi connectivity index (χ2v) is 19.5. The molecule has 384 valence electrons. The number of nitrogen functional groups attached to an aromatic ring is 3. The smallest absolute Gasteiger partial charge is 0.393 e. The van der Waals surface area contributed by atoms with Crippen LogP contribution >= 0.6 is 11.6 Å². The number of nitrogens with zero attached hydrogens (tertiary/aromatic N) is 6. The number of aryl methyl sites for hydroxylation is 1. The van der Waals surface area contributed by atoms with E-state index in [9.17, 15) is 28.5 Å². The largest absolute Gasteiger partial charge is 0.416 e. The van der Waals surface area contributed by atoms with E-state index in [0.29, 0.717) is 24.3 Å². The van der Waals surface area contributed by atoms with E-state index in [4.69, 9.17) is 28.8 Å². The molecule has 6 aromatic rings. The first-order chi connectivity index (χ1) is 34.5. The second kappa shape index (κ2) is 25.4. The number of nitrogens with one attached hydrogen (secondary N) is 3. The zero-order valence-corrected chi connectivity index (χ0v) is 41.3. The van der Waals surface area contributed by atoms with Crippen LogP contribution in [0.2, 0.25) is 5.02 Å². The van der Waals surface area contributed by atoms with Gasteiger partial charge in [0.15, 0.2) is 0 Å². The monoisotopic (exact) mass is 1010 g/mol. The van der Waals surface area contributed by atoms with Crippen LogP contribution < -0.4 is 33.2 Å². The Bertz CT molecular complexity index is 2510. The summed E-state index contributed by atoms with van der Waals surface area (Å²) < 4.78 is 38.0. The normalized spacial score (nSPS) is 21.0. The van der Waals surface area contributed by atoms with Crippen LogP contribution in [0.25, 0.3) is 0 Å². The lowest BCUT2D eigenvalue weighted by atomic mass is 9.93. The van der Waals surface area contributed by atoms with E-state index < -0.39 is 11.7 Å². The Morgan fingerprint density at radius 3 is 1.08 bits per heavy atom. The molecule has 0 aliphatic heterocycles. The van der Waals surface area contributed by atoms with Crippen LogP contribution in [0.3, 0.4) is 0 Å². The quantitative estimate of drug-likeness (QED) is 0.0554. The van der Waals surface area contributed by atoms with E-state index >= 15 is 0 Å². The predicted molar refractivity (Wildman–Crippen MR) is 277 cm³/mol. The van der Waals surface area contributed by atoms with E-state index in [1.54, 1.807) is 12.4 Å². The van der Waals surface area contributed by atoms with Gasteiger partial charge in [-0.3, -0.25) is 0 Å². The topological polar surface area (TPSA) is 252 Å². The number of hydrogen-bond donors (Lipinski definition) is 9. The van der Waals surface area contributed by atoms with E-state index in [1.165, 1.54) is 23.3 Å². The van der Waals surface area contributed by atoms with Gasteiger partial charge in [-0.05, 0) is 125 Å².